The molecule has 2 nitrogen and oxygen atoms in total. The molecular formula is C12H18FNO. The first kappa shape index (κ1) is 12.0. The van der Waals surface area contributed by atoms with E-state index in [-0.39, 0.29) is 11.9 Å². The summed E-state index contributed by atoms with van der Waals surface area (Å²) in [5, 5.41) is 3.01. The summed E-state index contributed by atoms with van der Waals surface area (Å²) in [4.78, 5) is 0. The normalized spacial score (nSPS) is 10.8. The summed E-state index contributed by atoms with van der Waals surface area (Å²) in [6.45, 7) is 6.40. The molecule has 0 unspecified atom stereocenters. The zero-order valence-electron chi connectivity index (χ0n) is 9.73. The van der Waals surface area contributed by atoms with Crippen LogP contribution in [0.5, 0.6) is 5.75 Å². The molecule has 0 aliphatic carbocycles. The zero-order valence-corrected chi connectivity index (χ0v) is 9.73. The molecule has 0 fully saturated rings. The Kier molecular flexibility index (Phi) is 4.09. The van der Waals surface area contributed by atoms with Crippen molar-refractivity contribution in [2.45, 2.75) is 33.4 Å². The van der Waals surface area contributed by atoms with Crippen LogP contribution < -0.4 is 10.1 Å². The number of halogens is 1. The van der Waals surface area contributed by atoms with Crippen LogP contribution in [0.15, 0.2) is 12.1 Å². The first-order valence-corrected chi connectivity index (χ1v) is 5.15. The maximum absolute atomic E-state index is 13.2. The molecule has 84 valence electrons. The first-order chi connectivity index (χ1) is 7.04. The van der Waals surface area contributed by atoms with Gasteiger partial charge in [0.1, 0.15) is 11.6 Å². The maximum atomic E-state index is 13.2. The van der Waals surface area contributed by atoms with Gasteiger partial charge in [-0.2, -0.15) is 0 Å². The van der Waals surface area contributed by atoms with Crippen LogP contribution in [-0.4, -0.2) is 13.2 Å². The van der Waals surface area contributed by atoms with E-state index in [1.165, 1.54) is 12.1 Å². The summed E-state index contributed by atoms with van der Waals surface area (Å²) in [5.41, 5.74) is 1.71. The van der Waals surface area contributed by atoms with E-state index in [1.54, 1.807) is 0 Å². The van der Waals surface area contributed by atoms with E-state index >= 15 is 0 Å². The molecule has 15 heavy (non-hydrogen) atoms. The van der Waals surface area contributed by atoms with Gasteiger partial charge in [-0.3, -0.25) is 0 Å². The highest BCUT2D eigenvalue weighted by Gasteiger charge is 2.10. The van der Waals surface area contributed by atoms with Crippen LogP contribution in [0.25, 0.3) is 0 Å². The summed E-state index contributed by atoms with van der Waals surface area (Å²) >= 11 is 0. The summed E-state index contributed by atoms with van der Waals surface area (Å²) in [6, 6.07) is 3.01. The average Bonchev–Trinajstić information content (AvgIpc) is 2.11. The molecule has 0 radical (unpaired) electrons. The Morgan fingerprint density at radius 1 is 1.40 bits per heavy atom. The summed E-state index contributed by atoms with van der Waals surface area (Å²) in [6.07, 6.45) is 0.102. The van der Waals surface area contributed by atoms with E-state index < -0.39 is 0 Å². The molecule has 0 saturated heterocycles. The van der Waals surface area contributed by atoms with Crippen molar-refractivity contribution in [2.24, 2.45) is 0 Å². The average molecular weight is 211 g/mol. The lowest BCUT2D eigenvalue weighted by Gasteiger charge is -2.16. The minimum absolute atomic E-state index is 0.102. The fourth-order valence-electron chi connectivity index (χ4n) is 1.53. The molecule has 1 N–H and O–H groups in total. The van der Waals surface area contributed by atoms with E-state index in [0.29, 0.717) is 6.54 Å². The van der Waals surface area contributed by atoms with Gasteiger partial charge in [-0.05, 0) is 45.5 Å². The van der Waals surface area contributed by atoms with Crippen molar-refractivity contribution >= 4 is 0 Å². The fourth-order valence-corrected chi connectivity index (χ4v) is 1.53. The van der Waals surface area contributed by atoms with Crippen LogP contribution in [0.2, 0.25) is 0 Å². The van der Waals surface area contributed by atoms with Crippen LogP contribution in [0.3, 0.4) is 0 Å². The van der Waals surface area contributed by atoms with E-state index in [9.17, 15) is 4.39 Å². The van der Waals surface area contributed by atoms with Gasteiger partial charge in [-0.1, -0.05) is 0 Å². The number of ether oxygens (including phenoxy) is 1. The quantitative estimate of drug-likeness (QED) is 0.826. The second kappa shape index (κ2) is 5.12. The number of benzene rings is 1. The molecule has 0 spiro atoms. The molecule has 0 amide bonds. The van der Waals surface area contributed by atoms with Crippen molar-refractivity contribution in [3.63, 3.8) is 0 Å². The highest BCUT2D eigenvalue weighted by atomic mass is 19.1. The molecule has 0 atom stereocenters. The largest absolute Gasteiger partial charge is 0.490 e. The number of aryl methyl sites for hydroxylation is 1. The predicted molar refractivity (Wildman–Crippen MR) is 59.7 cm³/mol. The van der Waals surface area contributed by atoms with E-state index in [4.69, 9.17) is 4.74 Å². The zero-order chi connectivity index (χ0) is 11.4. The Morgan fingerprint density at radius 3 is 2.60 bits per heavy atom. The lowest BCUT2D eigenvalue weighted by molar-refractivity contribution is 0.237. The lowest BCUT2D eigenvalue weighted by atomic mass is 10.1. The Balaban J connectivity index is 3.08. The van der Waals surface area contributed by atoms with Crippen LogP contribution in [0, 0.1) is 12.7 Å². The predicted octanol–water partition coefficient (Wildman–Crippen LogP) is 2.64. The second-order valence-electron chi connectivity index (χ2n) is 3.91. The molecule has 0 aliphatic heterocycles. The van der Waals surface area contributed by atoms with E-state index in [2.05, 4.69) is 5.32 Å². The molecule has 0 aromatic heterocycles. The van der Waals surface area contributed by atoms with Crippen LogP contribution in [-0.2, 0) is 6.54 Å². The monoisotopic (exact) mass is 211 g/mol. The van der Waals surface area contributed by atoms with Crippen molar-refractivity contribution in [2.75, 3.05) is 7.05 Å². The molecule has 3 heteroatoms. The summed E-state index contributed by atoms with van der Waals surface area (Å²) in [7, 11) is 1.83. The maximum Gasteiger partial charge on any atom is 0.127 e. The number of hydrogen-bond acceptors (Lipinski definition) is 2. The SMILES string of the molecule is CNCc1cc(F)cc(C)c1OC(C)C. The van der Waals surface area contributed by atoms with Gasteiger partial charge in [0, 0.05) is 12.1 Å². The van der Waals surface area contributed by atoms with Gasteiger partial charge < -0.3 is 10.1 Å². The number of rotatable bonds is 4. The minimum Gasteiger partial charge on any atom is -0.490 e. The van der Waals surface area contributed by atoms with Gasteiger partial charge in [0.15, 0.2) is 0 Å². The van der Waals surface area contributed by atoms with Crippen LogP contribution in [0.1, 0.15) is 25.0 Å². The van der Waals surface area contributed by atoms with Gasteiger partial charge >= 0.3 is 0 Å². The Morgan fingerprint density at radius 2 is 2.07 bits per heavy atom. The second-order valence-corrected chi connectivity index (χ2v) is 3.91. The van der Waals surface area contributed by atoms with Crippen molar-refractivity contribution in [3.8, 4) is 5.75 Å². The van der Waals surface area contributed by atoms with Gasteiger partial charge in [-0.15, -0.1) is 0 Å². The highest BCUT2D eigenvalue weighted by Crippen LogP contribution is 2.26. The Labute approximate surface area is 90.4 Å². The third kappa shape index (κ3) is 3.20. The minimum atomic E-state index is -0.214. The standard InChI is InChI=1S/C12H18FNO/c1-8(2)15-12-9(3)5-11(13)6-10(12)7-14-4/h5-6,8,14H,7H2,1-4H3. The Hall–Kier alpha value is -1.09. The Bertz CT molecular complexity index is 337. The third-order valence-electron chi connectivity index (χ3n) is 2.04. The van der Waals surface area contributed by atoms with Crippen molar-refractivity contribution in [3.05, 3.63) is 29.1 Å². The highest BCUT2D eigenvalue weighted by molar-refractivity contribution is 5.41. The van der Waals surface area contributed by atoms with Crippen LogP contribution >= 0.6 is 0 Å². The van der Waals surface area contributed by atoms with Gasteiger partial charge in [0.25, 0.3) is 0 Å². The van der Waals surface area contributed by atoms with Crippen molar-refractivity contribution in [1.29, 1.82) is 0 Å². The van der Waals surface area contributed by atoms with Crippen LogP contribution in [0.4, 0.5) is 4.39 Å². The lowest BCUT2D eigenvalue weighted by Crippen LogP contribution is -2.13. The molecule has 0 heterocycles. The molecule has 0 aliphatic rings. The van der Waals surface area contributed by atoms with E-state index in [0.717, 1.165) is 16.9 Å². The van der Waals surface area contributed by atoms with Gasteiger partial charge in [0.05, 0.1) is 6.10 Å². The molecular weight excluding hydrogens is 193 g/mol. The smallest absolute Gasteiger partial charge is 0.127 e. The summed E-state index contributed by atoms with van der Waals surface area (Å²) in [5.74, 6) is 0.578. The van der Waals surface area contributed by atoms with Crippen molar-refractivity contribution in [1.82, 2.24) is 5.32 Å². The van der Waals surface area contributed by atoms with E-state index in [1.807, 2.05) is 27.8 Å². The van der Waals surface area contributed by atoms with Gasteiger partial charge in [0.2, 0.25) is 0 Å². The topological polar surface area (TPSA) is 21.3 Å². The van der Waals surface area contributed by atoms with Gasteiger partial charge in [-0.25, -0.2) is 4.39 Å². The summed E-state index contributed by atoms with van der Waals surface area (Å²) < 4.78 is 18.9. The fraction of sp³-hybridized carbons (Fsp3) is 0.500. The number of hydrogen-bond donors (Lipinski definition) is 1. The molecule has 0 saturated carbocycles. The third-order valence-corrected chi connectivity index (χ3v) is 2.04. The molecule has 1 rings (SSSR count). The molecule has 0 bridgehead atoms. The number of nitrogens with one attached hydrogen (secondary N) is 1. The molecule has 1 aromatic rings. The molecule has 1 aromatic carbocycles. The first-order valence-electron chi connectivity index (χ1n) is 5.15. The van der Waals surface area contributed by atoms with Crippen molar-refractivity contribution < 1.29 is 9.13 Å².